The first kappa shape index (κ1) is 26.1. The Hall–Kier alpha value is -6.37. The number of hydrogen-bond acceptors (Lipinski definition) is 3. The van der Waals surface area contributed by atoms with Crippen LogP contribution in [0.2, 0.25) is 0 Å². The first-order valence-corrected chi connectivity index (χ1v) is 15.3. The SMILES string of the molecule is N#Cc1cc(-c2ccccc2)cc(-c2cc(-c3ccc4oc5ccccc5c4c3)cc(-c3ccc4oc5ccccc5c4c3)c2)c1. The summed E-state index contributed by atoms with van der Waals surface area (Å²) in [7, 11) is 0. The summed E-state index contributed by atoms with van der Waals surface area (Å²) in [4.78, 5) is 0. The van der Waals surface area contributed by atoms with Crippen molar-refractivity contribution in [3.63, 3.8) is 0 Å². The molecule has 0 aliphatic rings. The largest absolute Gasteiger partial charge is 0.456 e. The summed E-state index contributed by atoms with van der Waals surface area (Å²) in [5, 5.41) is 14.4. The van der Waals surface area contributed by atoms with Crippen LogP contribution < -0.4 is 0 Å². The van der Waals surface area contributed by atoms with Crippen LogP contribution in [0.3, 0.4) is 0 Å². The Morgan fingerprint density at radius 2 is 0.739 bits per heavy atom. The Kier molecular flexibility index (Phi) is 5.88. The molecule has 0 amide bonds. The van der Waals surface area contributed by atoms with E-state index in [1.165, 1.54) is 0 Å². The van der Waals surface area contributed by atoms with Gasteiger partial charge in [-0.15, -0.1) is 0 Å². The first-order chi connectivity index (χ1) is 22.7. The molecule has 9 rings (SSSR count). The third-order valence-electron chi connectivity index (χ3n) is 8.86. The van der Waals surface area contributed by atoms with E-state index in [0.29, 0.717) is 5.56 Å². The van der Waals surface area contributed by atoms with Gasteiger partial charge in [0.05, 0.1) is 11.6 Å². The monoisotopic (exact) mass is 587 g/mol. The third-order valence-corrected chi connectivity index (χ3v) is 8.86. The molecule has 0 radical (unpaired) electrons. The quantitative estimate of drug-likeness (QED) is 0.206. The van der Waals surface area contributed by atoms with Gasteiger partial charge in [0.15, 0.2) is 0 Å². The van der Waals surface area contributed by atoms with Crippen molar-refractivity contribution in [1.29, 1.82) is 5.26 Å². The Labute approximate surface area is 265 Å². The number of nitrogens with zero attached hydrogens (tertiary/aromatic N) is 1. The summed E-state index contributed by atoms with van der Waals surface area (Å²) in [6, 6.07) is 54.6. The van der Waals surface area contributed by atoms with Gasteiger partial charge in [0.1, 0.15) is 22.3 Å². The van der Waals surface area contributed by atoms with E-state index in [9.17, 15) is 5.26 Å². The van der Waals surface area contributed by atoms with Gasteiger partial charge in [-0.1, -0.05) is 78.9 Å². The van der Waals surface area contributed by atoms with Gasteiger partial charge in [-0.05, 0) is 117 Å². The molecule has 0 aliphatic carbocycles. The van der Waals surface area contributed by atoms with Crippen molar-refractivity contribution in [2.75, 3.05) is 0 Å². The van der Waals surface area contributed by atoms with Crippen LogP contribution >= 0.6 is 0 Å². The lowest BCUT2D eigenvalue weighted by Gasteiger charge is -2.13. The molecule has 0 aliphatic heterocycles. The normalized spacial score (nSPS) is 11.5. The lowest BCUT2D eigenvalue weighted by atomic mass is 9.90. The third kappa shape index (κ3) is 4.36. The van der Waals surface area contributed by atoms with Gasteiger partial charge in [-0.25, -0.2) is 0 Å². The van der Waals surface area contributed by atoms with Crippen LogP contribution in [0.4, 0.5) is 0 Å². The number of para-hydroxylation sites is 2. The summed E-state index contributed by atoms with van der Waals surface area (Å²) in [6.07, 6.45) is 0. The highest BCUT2D eigenvalue weighted by Gasteiger charge is 2.14. The summed E-state index contributed by atoms with van der Waals surface area (Å²) in [5.74, 6) is 0. The van der Waals surface area contributed by atoms with Crippen LogP contribution in [0.5, 0.6) is 0 Å². The zero-order chi connectivity index (χ0) is 30.6. The summed E-state index contributed by atoms with van der Waals surface area (Å²) in [6.45, 7) is 0. The maximum absolute atomic E-state index is 10.0. The molecular formula is C43H25NO2. The second-order valence-corrected chi connectivity index (χ2v) is 11.7. The minimum absolute atomic E-state index is 0.626. The molecule has 0 fully saturated rings. The lowest BCUT2D eigenvalue weighted by Crippen LogP contribution is -1.89. The van der Waals surface area contributed by atoms with E-state index in [2.05, 4.69) is 91.0 Å². The van der Waals surface area contributed by atoms with E-state index in [0.717, 1.165) is 88.4 Å². The smallest absolute Gasteiger partial charge is 0.135 e. The fraction of sp³-hybridized carbons (Fsp3) is 0. The summed E-state index contributed by atoms with van der Waals surface area (Å²) >= 11 is 0. The Morgan fingerprint density at radius 3 is 1.26 bits per heavy atom. The average molecular weight is 588 g/mol. The Bertz CT molecular complexity index is 2520. The van der Waals surface area contributed by atoms with Gasteiger partial charge in [-0.3, -0.25) is 0 Å². The molecule has 0 N–H and O–H groups in total. The van der Waals surface area contributed by atoms with Crippen molar-refractivity contribution >= 4 is 43.9 Å². The van der Waals surface area contributed by atoms with E-state index in [4.69, 9.17) is 8.83 Å². The number of hydrogen-bond donors (Lipinski definition) is 0. The van der Waals surface area contributed by atoms with Crippen LogP contribution in [0, 0.1) is 11.3 Å². The van der Waals surface area contributed by atoms with Crippen molar-refractivity contribution < 1.29 is 8.83 Å². The van der Waals surface area contributed by atoms with Gasteiger partial charge in [0.25, 0.3) is 0 Å². The molecule has 3 nitrogen and oxygen atoms in total. The molecule has 0 spiro atoms. The second-order valence-electron chi connectivity index (χ2n) is 11.7. The highest BCUT2D eigenvalue weighted by Crippen LogP contribution is 2.39. The van der Waals surface area contributed by atoms with Gasteiger partial charge < -0.3 is 8.83 Å². The molecular weight excluding hydrogens is 562 g/mol. The average Bonchev–Trinajstić information content (AvgIpc) is 3.69. The molecule has 9 aromatic rings. The van der Waals surface area contributed by atoms with Crippen LogP contribution in [0.15, 0.2) is 160 Å². The second kappa shape index (κ2) is 10.4. The Balaban J connectivity index is 1.28. The zero-order valence-corrected chi connectivity index (χ0v) is 24.7. The molecule has 2 aromatic heterocycles. The molecule has 214 valence electrons. The highest BCUT2D eigenvalue weighted by atomic mass is 16.3. The molecule has 0 unspecified atom stereocenters. The number of fused-ring (bicyclic) bond motifs is 6. The van der Waals surface area contributed by atoms with E-state index in [1.807, 2.05) is 66.7 Å². The molecule has 0 bridgehead atoms. The lowest BCUT2D eigenvalue weighted by molar-refractivity contribution is 0.668. The number of furan rings is 2. The van der Waals surface area contributed by atoms with Crippen LogP contribution in [0.25, 0.3) is 88.4 Å². The zero-order valence-electron chi connectivity index (χ0n) is 24.7. The van der Waals surface area contributed by atoms with Crippen LogP contribution in [-0.2, 0) is 0 Å². The minimum Gasteiger partial charge on any atom is -0.456 e. The maximum atomic E-state index is 10.0. The number of nitriles is 1. The topological polar surface area (TPSA) is 50.1 Å². The van der Waals surface area contributed by atoms with Gasteiger partial charge in [0.2, 0.25) is 0 Å². The molecule has 0 saturated heterocycles. The van der Waals surface area contributed by atoms with Crippen LogP contribution in [0.1, 0.15) is 5.56 Å². The standard InChI is InChI=1S/C43H25NO2/c44-26-27-18-31(28-8-2-1-3-9-28)20-32(19-27)35-22-33(29-14-16-42-38(24-29)36-10-4-6-12-40(36)45-42)21-34(23-35)30-15-17-43-39(25-30)37-11-5-7-13-41(37)46-43/h1-25H. The minimum atomic E-state index is 0.626. The van der Waals surface area contributed by atoms with Crippen molar-refractivity contribution in [2.24, 2.45) is 0 Å². The van der Waals surface area contributed by atoms with Crippen molar-refractivity contribution in [3.8, 4) is 50.6 Å². The van der Waals surface area contributed by atoms with Crippen molar-refractivity contribution in [2.45, 2.75) is 0 Å². The van der Waals surface area contributed by atoms with Crippen LogP contribution in [-0.4, -0.2) is 0 Å². The molecule has 46 heavy (non-hydrogen) atoms. The van der Waals surface area contributed by atoms with E-state index < -0.39 is 0 Å². The molecule has 7 aromatic carbocycles. The predicted octanol–water partition coefficient (Wildman–Crippen LogP) is 12.0. The number of benzene rings is 7. The fourth-order valence-electron chi connectivity index (χ4n) is 6.59. The van der Waals surface area contributed by atoms with Crippen molar-refractivity contribution in [3.05, 3.63) is 157 Å². The molecule has 3 heteroatoms. The van der Waals surface area contributed by atoms with Gasteiger partial charge in [-0.2, -0.15) is 5.26 Å². The Morgan fingerprint density at radius 1 is 0.326 bits per heavy atom. The maximum Gasteiger partial charge on any atom is 0.135 e. The number of rotatable bonds is 4. The van der Waals surface area contributed by atoms with E-state index in [-0.39, 0.29) is 0 Å². The molecule has 2 heterocycles. The highest BCUT2D eigenvalue weighted by molar-refractivity contribution is 6.07. The summed E-state index contributed by atoms with van der Waals surface area (Å²) < 4.78 is 12.3. The fourth-order valence-corrected chi connectivity index (χ4v) is 6.59. The van der Waals surface area contributed by atoms with E-state index in [1.54, 1.807) is 0 Å². The van der Waals surface area contributed by atoms with Gasteiger partial charge in [0, 0.05) is 21.5 Å². The first-order valence-electron chi connectivity index (χ1n) is 15.3. The van der Waals surface area contributed by atoms with Crippen molar-refractivity contribution in [1.82, 2.24) is 0 Å². The van der Waals surface area contributed by atoms with E-state index >= 15 is 0 Å². The van der Waals surface area contributed by atoms with Gasteiger partial charge >= 0.3 is 0 Å². The molecule has 0 saturated carbocycles. The summed E-state index contributed by atoms with van der Waals surface area (Å²) in [5.41, 5.74) is 12.6. The predicted molar refractivity (Wildman–Crippen MR) is 187 cm³/mol. The molecule has 0 atom stereocenters.